The minimum absolute atomic E-state index is 0.0416. The Hall–Kier alpha value is -1.77. The molecule has 1 unspecified atom stereocenters. The standard InChI is InChI=1S/C14H15FN2O3S2/c1-2-11(12-4-3-7-21-12)17-14(18)9-5-6-13(10(15)8-9)22(16,19)20/h3-8,11H,2H2,1H3,(H,17,18)(H2,16,19,20). The van der Waals surface area contributed by atoms with E-state index in [1.54, 1.807) is 0 Å². The van der Waals surface area contributed by atoms with E-state index in [-0.39, 0.29) is 11.6 Å². The number of nitrogens with one attached hydrogen (secondary N) is 1. The fourth-order valence-corrected chi connectivity index (χ4v) is 3.43. The van der Waals surface area contributed by atoms with Gasteiger partial charge in [-0.05, 0) is 36.1 Å². The summed E-state index contributed by atoms with van der Waals surface area (Å²) in [6.07, 6.45) is 0.685. The van der Waals surface area contributed by atoms with Crippen molar-refractivity contribution >= 4 is 27.3 Å². The minimum Gasteiger partial charge on any atom is -0.344 e. The van der Waals surface area contributed by atoms with Gasteiger partial charge in [-0.2, -0.15) is 0 Å². The van der Waals surface area contributed by atoms with Gasteiger partial charge in [-0.15, -0.1) is 11.3 Å². The van der Waals surface area contributed by atoms with Crippen LogP contribution in [0.25, 0.3) is 0 Å². The quantitative estimate of drug-likeness (QED) is 0.874. The average Bonchev–Trinajstić information content (AvgIpc) is 2.96. The van der Waals surface area contributed by atoms with Gasteiger partial charge >= 0.3 is 0 Å². The third-order valence-corrected chi connectivity index (χ3v) is 5.03. The first-order chi connectivity index (χ1) is 10.3. The second-order valence-corrected chi connectivity index (χ2v) is 7.15. The molecule has 1 heterocycles. The van der Waals surface area contributed by atoms with Crippen LogP contribution in [0.15, 0.2) is 40.6 Å². The fraction of sp³-hybridized carbons (Fsp3) is 0.214. The Balaban J connectivity index is 2.21. The first-order valence-corrected chi connectivity index (χ1v) is 8.92. The number of hydrogen-bond donors (Lipinski definition) is 2. The number of amides is 1. The van der Waals surface area contributed by atoms with Crippen molar-refractivity contribution in [1.82, 2.24) is 5.32 Å². The Morgan fingerprint density at radius 1 is 1.41 bits per heavy atom. The van der Waals surface area contributed by atoms with Crippen LogP contribution in [0.3, 0.4) is 0 Å². The topological polar surface area (TPSA) is 89.3 Å². The Labute approximate surface area is 132 Å². The van der Waals surface area contributed by atoms with E-state index in [0.29, 0.717) is 6.42 Å². The molecule has 5 nitrogen and oxygen atoms in total. The first-order valence-electron chi connectivity index (χ1n) is 6.49. The summed E-state index contributed by atoms with van der Waals surface area (Å²) in [5.74, 6) is -1.51. The highest BCUT2D eigenvalue weighted by Gasteiger charge is 2.19. The summed E-state index contributed by atoms with van der Waals surface area (Å²) in [4.78, 5) is 12.5. The minimum atomic E-state index is -4.14. The van der Waals surface area contributed by atoms with Crippen LogP contribution in [0.5, 0.6) is 0 Å². The average molecular weight is 342 g/mol. The van der Waals surface area contributed by atoms with Crippen molar-refractivity contribution in [3.63, 3.8) is 0 Å². The van der Waals surface area contributed by atoms with Gasteiger partial charge in [0.05, 0.1) is 6.04 Å². The highest BCUT2D eigenvalue weighted by atomic mass is 32.2. The zero-order valence-electron chi connectivity index (χ0n) is 11.7. The molecule has 2 rings (SSSR count). The second-order valence-electron chi connectivity index (χ2n) is 4.64. The molecule has 1 atom stereocenters. The van der Waals surface area contributed by atoms with Crippen LogP contribution in [-0.2, 0) is 10.0 Å². The lowest BCUT2D eigenvalue weighted by Crippen LogP contribution is -2.28. The summed E-state index contributed by atoms with van der Waals surface area (Å²) in [7, 11) is -4.14. The normalized spacial score (nSPS) is 12.9. The highest BCUT2D eigenvalue weighted by Crippen LogP contribution is 2.22. The van der Waals surface area contributed by atoms with Crippen molar-refractivity contribution < 1.29 is 17.6 Å². The number of rotatable bonds is 5. The number of carbonyl (C=O) groups excluding carboxylic acids is 1. The number of nitrogens with two attached hydrogens (primary N) is 1. The van der Waals surface area contributed by atoms with Crippen LogP contribution < -0.4 is 10.5 Å². The van der Waals surface area contributed by atoms with Crippen molar-refractivity contribution in [3.8, 4) is 0 Å². The molecule has 8 heteroatoms. The Morgan fingerprint density at radius 2 is 2.14 bits per heavy atom. The number of primary sulfonamides is 1. The van der Waals surface area contributed by atoms with Crippen LogP contribution in [0, 0.1) is 5.82 Å². The molecule has 2 aromatic rings. The molecule has 0 saturated carbocycles. The smallest absolute Gasteiger partial charge is 0.251 e. The molecule has 1 amide bonds. The van der Waals surface area contributed by atoms with Crippen molar-refractivity contribution in [1.29, 1.82) is 0 Å². The molecule has 118 valence electrons. The molecular formula is C14H15FN2O3S2. The van der Waals surface area contributed by atoms with Gasteiger partial charge < -0.3 is 5.32 Å². The summed E-state index contributed by atoms with van der Waals surface area (Å²) in [6.45, 7) is 1.93. The molecule has 0 radical (unpaired) electrons. The number of carbonyl (C=O) groups is 1. The van der Waals surface area contributed by atoms with Crippen molar-refractivity contribution in [3.05, 3.63) is 52.0 Å². The molecule has 22 heavy (non-hydrogen) atoms. The van der Waals surface area contributed by atoms with E-state index in [1.165, 1.54) is 17.4 Å². The fourth-order valence-electron chi connectivity index (χ4n) is 1.98. The van der Waals surface area contributed by atoms with E-state index >= 15 is 0 Å². The summed E-state index contributed by atoms with van der Waals surface area (Å²) in [5, 5.41) is 9.59. The molecule has 0 fully saturated rings. The van der Waals surface area contributed by atoms with Gasteiger partial charge in [-0.3, -0.25) is 4.79 Å². The summed E-state index contributed by atoms with van der Waals surface area (Å²) >= 11 is 1.52. The monoisotopic (exact) mass is 342 g/mol. The van der Waals surface area contributed by atoms with Gasteiger partial charge in [-0.25, -0.2) is 17.9 Å². The first kappa shape index (κ1) is 16.6. The Bertz CT molecular complexity index is 773. The van der Waals surface area contributed by atoms with Crippen LogP contribution in [0.2, 0.25) is 0 Å². The lowest BCUT2D eigenvalue weighted by atomic mass is 10.1. The maximum Gasteiger partial charge on any atom is 0.251 e. The summed E-state index contributed by atoms with van der Waals surface area (Å²) in [5.41, 5.74) is 0.0416. The molecule has 0 spiro atoms. The number of halogens is 1. The summed E-state index contributed by atoms with van der Waals surface area (Å²) in [6, 6.07) is 6.72. The SMILES string of the molecule is CCC(NC(=O)c1ccc(S(N)(=O)=O)c(F)c1)c1cccs1. The molecule has 0 aliphatic heterocycles. The lowest BCUT2D eigenvalue weighted by molar-refractivity contribution is 0.0935. The molecule has 0 saturated heterocycles. The Morgan fingerprint density at radius 3 is 2.64 bits per heavy atom. The molecule has 0 aliphatic rings. The van der Waals surface area contributed by atoms with Gasteiger partial charge in [0.1, 0.15) is 10.7 Å². The van der Waals surface area contributed by atoms with E-state index < -0.39 is 26.6 Å². The van der Waals surface area contributed by atoms with Crippen LogP contribution in [-0.4, -0.2) is 14.3 Å². The van der Waals surface area contributed by atoms with Crippen molar-refractivity contribution in [2.24, 2.45) is 5.14 Å². The van der Waals surface area contributed by atoms with E-state index in [0.717, 1.165) is 17.0 Å². The third-order valence-electron chi connectivity index (χ3n) is 3.10. The number of thiophene rings is 1. The van der Waals surface area contributed by atoms with E-state index in [4.69, 9.17) is 5.14 Å². The molecule has 1 aromatic carbocycles. The predicted octanol–water partition coefficient (Wildman–Crippen LogP) is 2.42. The van der Waals surface area contributed by atoms with Gasteiger partial charge in [0, 0.05) is 10.4 Å². The largest absolute Gasteiger partial charge is 0.344 e. The molecule has 3 N–H and O–H groups in total. The number of hydrogen-bond acceptors (Lipinski definition) is 4. The number of benzene rings is 1. The lowest BCUT2D eigenvalue weighted by Gasteiger charge is -2.15. The maximum atomic E-state index is 13.8. The molecule has 0 bridgehead atoms. The van der Waals surface area contributed by atoms with Gasteiger partial charge in [0.2, 0.25) is 10.0 Å². The maximum absolute atomic E-state index is 13.8. The third kappa shape index (κ3) is 3.70. The zero-order chi connectivity index (χ0) is 16.3. The van der Waals surface area contributed by atoms with Gasteiger partial charge in [0.15, 0.2) is 0 Å². The van der Waals surface area contributed by atoms with Crippen molar-refractivity contribution in [2.75, 3.05) is 0 Å². The molecular weight excluding hydrogens is 327 g/mol. The molecule has 1 aromatic heterocycles. The van der Waals surface area contributed by atoms with Crippen molar-refractivity contribution in [2.45, 2.75) is 24.3 Å². The predicted molar refractivity (Wildman–Crippen MR) is 82.6 cm³/mol. The van der Waals surface area contributed by atoms with Gasteiger partial charge in [-0.1, -0.05) is 13.0 Å². The van der Waals surface area contributed by atoms with Gasteiger partial charge in [0.25, 0.3) is 5.91 Å². The second kappa shape index (κ2) is 6.55. The summed E-state index contributed by atoms with van der Waals surface area (Å²) < 4.78 is 36.1. The highest BCUT2D eigenvalue weighted by molar-refractivity contribution is 7.89. The van der Waals surface area contributed by atoms with Crippen LogP contribution in [0.4, 0.5) is 4.39 Å². The molecule has 0 aliphatic carbocycles. The van der Waals surface area contributed by atoms with E-state index in [9.17, 15) is 17.6 Å². The van der Waals surface area contributed by atoms with Crippen LogP contribution in [0.1, 0.15) is 34.6 Å². The zero-order valence-corrected chi connectivity index (χ0v) is 13.4. The van der Waals surface area contributed by atoms with E-state index in [1.807, 2.05) is 24.4 Å². The number of sulfonamides is 1. The Kier molecular flexibility index (Phi) is 4.94. The van der Waals surface area contributed by atoms with E-state index in [2.05, 4.69) is 5.32 Å². The van der Waals surface area contributed by atoms with Crippen LogP contribution >= 0.6 is 11.3 Å².